The van der Waals surface area contributed by atoms with E-state index in [1.807, 2.05) is 12.1 Å². The molecule has 0 aliphatic carbocycles. The Hall–Kier alpha value is 0.150. The van der Waals surface area contributed by atoms with Gasteiger partial charge >= 0.3 is 0 Å². The van der Waals surface area contributed by atoms with Crippen LogP contribution in [0.5, 0.6) is 0 Å². The first kappa shape index (κ1) is 11.2. The SMILES string of the molecule is CCC(S)Cc1cc(Cl)cc(Cl)c1. The van der Waals surface area contributed by atoms with Crippen LogP contribution in [-0.4, -0.2) is 5.25 Å². The predicted octanol–water partition coefficient (Wildman–Crippen LogP) is 4.24. The quantitative estimate of drug-likeness (QED) is 0.744. The van der Waals surface area contributed by atoms with Gasteiger partial charge in [0, 0.05) is 15.3 Å². The highest BCUT2D eigenvalue weighted by Crippen LogP contribution is 2.21. The molecule has 1 aromatic rings. The summed E-state index contributed by atoms with van der Waals surface area (Å²) in [6.45, 7) is 2.11. The largest absolute Gasteiger partial charge is 0.176 e. The average Bonchev–Trinajstić information content (AvgIpc) is 2.02. The van der Waals surface area contributed by atoms with E-state index in [9.17, 15) is 0 Å². The van der Waals surface area contributed by atoms with Crippen LogP contribution in [0, 0.1) is 0 Å². The fraction of sp³-hybridized carbons (Fsp3) is 0.400. The van der Waals surface area contributed by atoms with E-state index in [2.05, 4.69) is 19.6 Å². The summed E-state index contributed by atoms with van der Waals surface area (Å²) in [6, 6.07) is 5.62. The first-order valence-electron chi connectivity index (χ1n) is 4.25. The van der Waals surface area contributed by atoms with Gasteiger partial charge in [-0.25, -0.2) is 0 Å². The van der Waals surface area contributed by atoms with Crippen molar-refractivity contribution in [3.8, 4) is 0 Å². The molecule has 0 amide bonds. The van der Waals surface area contributed by atoms with Crippen molar-refractivity contribution in [2.45, 2.75) is 25.0 Å². The molecule has 3 heteroatoms. The molecule has 0 bridgehead atoms. The molecule has 0 heterocycles. The maximum Gasteiger partial charge on any atom is 0.0423 e. The highest BCUT2D eigenvalue weighted by molar-refractivity contribution is 7.80. The van der Waals surface area contributed by atoms with Crippen molar-refractivity contribution in [2.75, 3.05) is 0 Å². The Morgan fingerprint density at radius 3 is 2.23 bits per heavy atom. The molecule has 72 valence electrons. The molecule has 0 fully saturated rings. The third-order valence-electron chi connectivity index (χ3n) is 1.86. The van der Waals surface area contributed by atoms with Gasteiger partial charge in [0.05, 0.1) is 0 Å². The number of benzene rings is 1. The van der Waals surface area contributed by atoms with E-state index in [4.69, 9.17) is 23.2 Å². The van der Waals surface area contributed by atoms with Crippen molar-refractivity contribution in [1.29, 1.82) is 0 Å². The minimum Gasteiger partial charge on any atom is -0.176 e. The van der Waals surface area contributed by atoms with E-state index in [0.717, 1.165) is 18.4 Å². The summed E-state index contributed by atoms with van der Waals surface area (Å²) in [5.74, 6) is 0. The predicted molar refractivity (Wildman–Crippen MR) is 63.2 cm³/mol. The molecule has 0 spiro atoms. The molecular weight excluding hydrogens is 223 g/mol. The molecule has 0 saturated heterocycles. The van der Waals surface area contributed by atoms with Crippen molar-refractivity contribution in [2.24, 2.45) is 0 Å². The van der Waals surface area contributed by atoms with Crippen LogP contribution < -0.4 is 0 Å². The second-order valence-corrected chi connectivity index (χ2v) is 4.65. The maximum atomic E-state index is 5.87. The molecule has 1 unspecified atom stereocenters. The number of hydrogen-bond acceptors (Lipinski definition) is 1. The van der Waals surface area contributed by atoms with Gasteiger partial charge < -0.3 is 0 Å². The standard InChI is InChI=1S/C10H12Cl2S/c1-2-10(13)5-7-3-8(11)6-9(12)4-7/h3-4,6,10,13H,2,5H2,1H3. The van der Waals surface area contributed by atoms with Crippen LogP contribution in [0.15, 0.2) is 18.2 Å². The molecule has 0 aliphatic rings. The van der Waals surface area contributed by atoms with Crippen LogP contribution in [0.2, 0.25) is 10.0 Å². The van der Waals surface area contributed by atoms with Crippen LogP contribution in [0.1, 0.15) is 18.9 Å². The molecule has 0 saturated carbocycles. The lowest BCUT2D eigenvalue weighted by Crippen LogP contribution is -2.01. The van der Waals surface area contributed by atoms with Crippen LogP contribution in [0.3, 0.4) is 0 Å². The van der Waals surface area contributed by atoms with Crippen molar-refractivity contribution >= 4 is 35.8 Å². The van der Waals surface area contributed by atoms with Gasteiger partial charge in [0.25, 0.3) is 0 Å². The van der Waals surface area contributed by atoms with Crippen molar-refractivity contribution in [1.82, 2.24) is 0 Å². The monoisotopic (exact) mass is 234 g/mol. The van der Waals surface area contributed by atoms with Crippen molar-refractivity contribution in [3.05, 3.63) is 33.8 Å². The Kier molecular flexibility index (Phi) is 4.43. The van der Waals surface area contributed by atoms with Gasteiger partial charge in [-0.05, 0) is 36.6 Å². The average molecular weight is 235 g/mol. The molecule has 0 N–H and O–H groups in total. The number of thiol groups is 1. The number of halogens is 2. The van der Waals surface area contributed by atoms with E-state index >= 15 is 0 Å². The highest BCUT2D eigenvalue weighted by Gasteiger charge is 2.03. The number of hydrogen-bond donors (Lipinski definition) is 1. The maximum absolute atomic E-state index is 5.87. The molecule has 1 aromatic carbocycles. The number of rotatable bonds is 3. The minimum absolute atomic E-state index is 0.384. The normalized spacial score (nSPS) is 12.9. The summed E-state index contributed by atoms with van der Waals surface area (Å²) >= 11 is 16.2. The third kappa shape index (κ3) is 3.80. The van der Waals surface area contributed by atoms with Crippen LogP contribution in [-0.2, 0) is 6.42 Å². The Labute approximate surface area is 94.7 Å². The van der Waals surface area contributed by atoms with Gasteiger partial charge in [0.15, 0.2) is 0 Å². The van der Waals surface area contributed by atoms with Gasteiger partial charge in [-0.1, -0.05) is 30.1 Å². The van der Waals surface area contributed by atoms with Crippen molar-refractivity contribution in [3.63, 3.8) is 0 Å². The van der Waals surface area contributed by atoms with Gasteiger partial charge in [-0.3, -0.25) is 0 Å². The fourth-order valence-electron chi connectivity index (χ4n) is 1.15. The van der Waals surface area contributed by atoms with Gasteiger partial charge in [0.2, 0.25) is 0 Å². The highest BCUT2D eigenvalue weighted by atomic mass is 35.5. The van der Waals surface area contributed by atoms with E-state index in [-0.39, 0.29) is 0 Å². The Morgan fingerprint density at radius 1 is 1.23 bits per heavy atom. The molecule has 1 atom stereocenters. The summed E-state index contributed by atoms with van der Waals surface area (Å²) < 4.78 is 0. The van der Waals surface area contributed by atoms with Crippen molar-refractivity contribution < 1.29 is 0 Å². The minimum atomic E-state index is 0.384. The molecule has 0 nitrogen and oxygen atoms in total. The molecular formula is C10H12Cl2S. The summed E-state index contributed by atoms with van der Waals surface area (Å²) in [4.78, 5) is 0. The van der Waals surface area contributed by atoms with E-state index in [1.165, 1.54) is 0 Å². The summed E-state index contributed by atoms with van der Waals surface area (Å²) in [5.41, 5.74) is 1.15. The van der Waals surface area contributed by atoms with Gasteiger partial charge in [-0.15, -0.1) is 0 Å². The lowest BCUT2D eigenvalue weighted by Gasteiger charge is -2.08. The molecule has 13 heavy (non-hydrogen) atoms. The Bertz CT molecular complexity index is 266. The second kappa shape index (κ2) is 5.14. The van der Waals surface area contributed by atoms with Crippen LogP contribution in [0.25, 0.3) is 0 Å². The molecule has 0 aromatic heterocycles. The summed E-state index contributed by atoms with van der Waals surface area (Å²) in [7, 11) is 0. The fourth-order valence-corrected chi connectivity index (χ4v) is 1.93. The molecule has 0 radical (unpaired) electrons. The zero-order chi connectivity index (χ0) is 9.84. The lowest BCUT2D eigenvalue weighted by molar-refractivity contribution is 0.822. The van der Waals surface area contributed by atoms with Crippen LogP contribution in [0.4, 0.5) is 0 Å². The van der Waals surface area contributed by atoms with E-state index in [1.54, 1.807) is 6.07 Å². The van der Waals surface area contributed by atoms with E-state index < -0.39 is 0 Å². The summed E-state index contributed by atoms with van der Waals surface area (Å²) in [5, 5.41) is 1.77. The summed E-state index contributed by atoms with van der Waals surface area (Å²) in [6.07, 6.45) is 1.97. The first-order valence-corrected chi connectivity index (χ1v) is 5.52. The van der Waals surface area contributed by atoms with Gasteiger partial charge in [0.1, 0.15) is 0 Å². The first-order chi connectivity index (χ1) is 6.11. The topological polar surface area (TPSA) is 0 Å². The lowest BCUT2D eigenvalue weighted by atomic mass is 10.1. The molecule has 0 aliphatic heterocycles. The zero-order valence-corrected chi connectivity index (χ0v) is 9.83. The Balaban J connectivity index is 2.77. The zero-order valence-electron chi connectivity index (χ0n) is 7.43. The second-order valence-electron chi connectivity index (χ2n) is 3.04. The molecule has 1 rings (SSSR count). The van der Waals surface area contributed by atoms with Crippen LogP contribution >= 0.6 is 35.8 Å². The van der Waals surface area contributed by atoms with E-state index in [0.29, 0.717) is 15.3 Å². The van der Waals surface area contributed by atoms with Gasteiger partial charge in [-0.2, -0.15) is 12.6 Å². The Morgan fingerprint density at radius 2 is 1.77 bits per heavy atom. The third-order valence-corrected chi connectivity index (χ3v) is 2.85. The smallest absolute Gasteiger partial charge is 0.0423 e.